The maximum atomic E-state index is 12.9. The van der Waals surface area contributed by atoms with E-state index in [1.54, 1.807) is 24.3 Å². The van der Waals surface area contributed by atoms with Crippen LogP contribution in [-0.4, -0.2) is 44.3 Å². The van der Waals surface area contributed by atoms with Gasteiger partial charge in [0.25, 0.3) is 5.91 Å². The number of hydrogen-bond acceptors (Lipinski definition) is 5. The highest BCUT2D eigenvalue weighted by Crippen LogP contribution is 2.22. The average Bonchev–Trinajstić information content (AvgIpc) is 3.03. The first-order chi connectivity index (χ1) is 14.4. The van der Waals surface area contributed by atoms with Gasteiger partial charge in [-0.15, -0.1) is 0 Å². The second-order valence-electron chi connectivity index (χ2n) is 6.98. The fraction of sp³-hybridized carbons (Fsp3) is 0.333. The Bertz CT molecular complexity index is 1000. The predicted octanol–water partition coefficient (Wildman–Crippen LogP) is 3.70. The summed E-state index contributed by atoms with van der Waals surface area (Å²) in [5.41, 5.74) is 0.594. The van der Waals surface area contributed by atoms with Crippen molar-refractivity contribution in [2.45, 2.75) is 30.6 Å². The number of carbonyl (C=O) groups is 2. The number of esters is 1. The summed E-state index contributed by atoms with van der Waals surface area (Å²) in [6.45, 7) is 0.504. The Morgan fingerprint density at radius 1 is 1.00 bits per heavy atom. The number of halogens is 1. The Balaban J connectivity index is 1.61. The second kappa shape index (κ2) is 10.1. The first-order valence-electron chi connectivity index (χ1n) is 9.69. The van der Waals surface area contributed by atoms with Gasteiger partial charge in [0.15, 0.2) is 6.61 Å². The molecule has 1 fully saturated rings. The van der Waals surface area contributed by atoms with Crippen molar-refractivity contribution >= 4 is 39.2 Å². The third-order valence-corrected chi connectivity index (χ3v) is 6.88. The van der Waals surface area contributed by atoms with Crippen molar-refractivity contribution in [1.29, 1.82) is 0 Å². The van der Waals surface area contributed by atoms with Gasteiger partial charge in [0.1, 0.15) is 0 Å². The SMILES string of the molecule is O=C(COC(=O)c1ccc(Cl)cc1)Nc1cccc(S(=O)(=O)N2CCCCCC2)c1. The van der Waals surface area contributed by atoms with Crippen molar-refractivity contribution in [3.63, 3.8) is 0 Å². The van der Waals surface area contributed by atoms with Gasteiger partial charge in [-0.1, -0.05) is 30.5 Å². The standard InChI is InChI=1S/C21H23ClN2O5S/c22-17-10-8-16(9-11-17)21(26)29-15-20(25)23-18-6-5-7-19(14-18)30(27,28)24-12-3-1-2-4-13-24/h5-11,14H,1-4,12-13,15H2,(H,23,25). The molecule has 2 aromatic carbocycles. The monoisotopic (exact) mass is 450 g/mol. The van der Waals surface area contributed by atoms with Crippen LogP contribution in [0.2, 0.25) is 5.02 Å². The largest absolute Gasteiger partial charge is 0.452 e. The summed E-state index contributed by atoms with van der Waals surface area (Å²) < 4.78 is 32.3. The number of sulfonamides is 1. The highest BCUT2D eigenvalue weighted by Gasteiger charge is 2.25. The third-order valence-electron chi connectivity index (χ3n) is 4.73. The highest BCUT2D eigenvalue weighted by molar-refractivity contribution is 7.89. The Hall–Kier alpha value is -2.42. The predicted molar refractivity (Wildman–Crippen MR) is 114 cm³/mol. The van der Waals surface area contributed by atoms with E-state index in [2.05, 4.69) is 5.32 Å². The number of anilines is 1. The summed E-state index contributed by atoms with van der Waals surface area (Å²) in [6, 6.07) is 12.2. The van der Waals surface area contributed by atoms with Crippen molar-refractivity contribution in [3.05, 3.63) is 59.1 Å². The van der Waals surface area contributed by atoms with Gasteiger partial charge >= 0.3 is 5.97 Å². The minimum atomic E-state index is -3.62. The minimum Gasteiger partial charge on any atom is -0.452 e. The smallest absolute Gasteiger partial charge is 0.338 e. The molecule has 0 aliphatic carbocycles. The lowest BCUT2D eigenvalue weighted by Crippen LogP contribution is -2.32. The van der Waals surface area contributed by atoms with Gasteiger partial charge in [-0.05, 0) is 55.3 Å². The van der Waals surface area contributed by atoms with E-state index in [0.29, 0.717) is 23.8 Å². The van der Waals surface area contributed by atoms with Crippen LogP contribution in [-0.2, 0) is 19.6 Å². The van der Waals surface area contributed by atoms with Gasteiger partial charge in [-0.25, -0.2) is 13.2 Å². The molecule has 30 heavy (non-hydrogen) atoms. The number of benzene rings is 2. The lowest BCUT2D eigenvalue weighted by atomic mass is 10.2. The average molecular weight is 451 g/mol. The molecule has 0 aromatic heterocycles. The molecular formula is C21H23ClN2O5S. The zero-order valence-corrected chi connectivity index (χ0v) is 17.9. The number of amides is 1. The molecule has 0 bridgehead atoms. The summed E-state index contributed by atoms with van der Waals surface area (Å²) in [7, 11) is -3.62. The quantitative estimate of drug-likeness (QED) is 0.677. The highest BCUT2D eigenvalue weighted by atomic mass is 35.5. The fourth-order valence-electron chi connectivity index (χ4n) is 3.16. The molecule has 9 heteroatoms. The molecule has 0 spiro atoms. The zero-order valence-electron chi connectivity index (χ0n) is 16.3. The van der Waals surface area contributed by atoms with Crippen LogP contribution in [0.15, 0.2) is 53.4 Å². The number of hydrogen-bond donors (Lipinski definition) is 1. The van der Waals surface area contributed by atoms with E-state index in [-0.39, 0.29) is 10.5 Å². The first-order valence-corrected chi connectivity index (χ1v) is 11.5. The van der Waals surface area contributed by atoms with Crippen LogP contribution in [0, 0.1) is 0 Å². The van der Waals surface area contributed by atoms with Crippen LogP contribution in [0.4, 0.5) is 5.69 Å². The summed E-state index contributed by atoms with van der Waals surface area (Å²) in [4.78, 5) is 24.2. The van der Waals surface area contributed by atoms with Gasteiger partial charge in [-0.3, -0.25) is 4.79 Å². The van der Waals surface area contributed by atoms with Crippen molar-refractivity contribution in [1.82, 2.24) is 4.31 Å². The molecule has 0 saturated carbocycles. The maximum Gasteiger partial charge on any atom is 0.338 e. The van der Waals surface area contributed by atoms with Crippen LogP contribution in [0.3, 0.4) is 0 Å². The van der Waals surface area contributed by atoms with E-state index in [1.807, 2.05) is 0 Å². The van der Waals surface area contributed by atoms with E-state index in [1.165, 1.54) is 28.6 Å². The molecule has 7 nitrogen and oxygen atoms in total. The second-order valence-corrected chi connectivity index (χ2v) is 9.35. The molecule has 1 aliphatic heterocycles. The van der Waals surface area contributed by atoms with Gasteiger partial charge in [0, 0.05) is 23.8 Å². The number of rotatable bonds is 6. The molecule has 1 amide bonds. The minimum absolute atomic E-state index is 0.125. The van der Waals surface area contributed by atoms with E-state index < -0.39 is 28.5 Å². The van der Waals surface area contributed by atoms with Crippen LogP contribution in [0.1, 0.15) is 36.0 Å². The topological polar surface area (TPSA) is 92.8 Å². The van der Waals surface area contributed by atoms with Crippen LogP contribution in [0.25, 0.3) is 0 Å². The third kappa shape index (κ3) is 5.81. The molecule has 2 aromatic rings. The Labute approximate surface area is 181 Å². The summed E-state index contributed by atoms with van der Waals surface area (Å²) in [5, 5.41) is 3.05. The normalized spacial score (nSPS) is 15.2. The van der Waals surface area contributed by atoms with E-state index in [9.17, 15) is 18.0 Å². The number of nitrogens with zero attached hydrogens (tertiary/aromatic N) is 1. The molecular weight excluding hydrogens is 428 g/mol. The first kappa shape index (κ1) is 22.3. The summed E-state index contributed by atoms with van der Waals surface area (Å²) in [6.07, 6.45) is 3.73. The van der Waals surface area contributed by atoms with Crippen molar-refractivity contribution in [2.75, 3.05) is 25.0 Å². The molecule has 0 unspecified atom stereocenters. The lowest BCUT2D eigenvalue weighted by molar-refractivity contribution is -0.119. The Morgan fingerprint density at radius 2 is 1.67 bits per heavy atom. The zero-order chi connectivity index (χ0) is 21.6. The molecule has 3 rings (SSSR count). The molecule has 160 valence electrons. The molecule has 0 atom stereocenters. The Morgan fingerprint density at radius 3 is 2.33 bits per heavy atom. The van der Waals surface area contributed by atoms with Gasteiger partial charge in [-0.2, -0.15) is 4.31 Å². The van der Waals surface area contributed by atoms with E-state index >= 15 is 0 Å². The molecule has 1 heterocycles. The fourth-order valence-corrected chi connectivity index (χ4v) is 4.85. The molecule has 1 aliphatic rings. The maximum absolute atomic E-state index is 12.9. The molecule has 1 N–H and O–H groups in total. The molecule has 1 saturated heterocycles. The Kier molecular flexibility index (Phi) is 7.47. The van der Waals surface area contributed by atoms with E-state index in [4.69, 9.17) is 16.3 Å². The van der Waals surface area contributed by atoms with Gasteiger partial charge in [0.2, 0.25) is 10.0 Å². The van der Waals surface area contributed by atoms with Crippen molar-refractivity contribution in [3.8, 4) is 0 Å². The lowest BCUT2D eigenvalue weighted by Gasteiger charge is -2.20. The number of nitrogens with one attached hydrogen (secondary N) is 1. The van der Waals surface area contributed by atoms with Gasteiger partial charge < -0.3 is 10.1 Å². The summed E-state index contributed by atoms with van der Waals surface area (Å²) >= 11 is 5.77. The number of carbonyl (C=O) groups excluding carboxylic acids is 2. The summed E-state index contributed by atoms with van der Waals surface area (Å²) in [5.74, 6) is -1.22. The number of ether oxygens (including phenoxy) is 1. The van der Waals surface area contributed by atoms with Crippen LogP contribution < -0.4 is 5.32 Å². The van der Waals surface area contributed by atoms with Crippen molar-refractivity contribution in [2.24, 2.45) is 0 Å². The van der Waals surface area contributed by atoms with Crippen LogP contribution in [0.5, 0.6) is 0 Å². The van der Waals surface area contributed by atoms with Gasteiger partial charge in [0.05, 0.1) is 10.5 Å². The van der Waals surface area contributed by atoms with Crippen molar-refractivity contribution < 1.29 is 22.7 Å². The van der Waals surface area contributed by atoms with E-state index in [0.717, 1.165) is 25.7 Å². The molecule has 0 radical (unpaired) electrons. The van der Waals surface area contributed by atoms with Crippen LogP contribution >= 0.6 is 11.6 Å².